The Bertz CT molecular complexity index is 1060. The zero-order valence-electron chi connectivity index (χ0n) is 20.0. The van der Waals surface area contributed by atoms with Crippen LogP contribution in [0.5, 0.6) is 0 Å². The van der Waals surface area contributed by atoms with E-state index in [1.165, 1.54) is 16.8 Å². The Balaban J connectivity index is 1.31. The Morgan fingerprint density at radius 1 is 0.848 bits per heavy atom. The maximum absolute atomic E-state index is 6.43. The van der Waals surface area contributed by atoms with Gasteiger partial charge in [-0.15, -0.1) is 0 Å². The van der Waals surface area contributed by atoms with Crippen molar-refractivity contribution in [3.63, 3.8) is 0 Å². The van der Waals surface area contributed by atoms with Gasteiger partial charge in [-0.05, 0) is 55.5 Å². The first-order valence-corrected chi connectivity index (χ1v) is 12.5. The minimum Gasteiger partial charge on any atom is -0.371 e. The summed E-state index contributed by atoms with van der Waals surface area (Å²) in [5.41, 5.74) is 7.17. The molecule has 0 N–H and O–H groups in total. The molecule has 0 saturated carbocycles. The van der Waals surface area contributed by atoms with Crippen LogP contribution in [-0.4, -0.2) is 31.6 Å². The van der Waals surface area contributed by atoms with Crippen molar-refractivity contribution in [2.75, 3.05) is 31.6 Å². The third kappa shape index (κ3) is 4.32. The van der Waals surface area contributed by atoms with Gasteiger partial charge < -0.3 is 9.64 Å². The Morgan fingerprint density at radius 3 is 2.33 bits per heavy atom. The summed E-state index contributed by atoms with van der Waals surface area (Å²) in [6.07, 6.45) is 4.60. The van der Waals surface area contributed by atoms with Crippen molar-refractivity contribution in [2.24, 2.45) is 0 Å². The highest BCUT2D eigenvalue weighted by molar-refractivity contribution is 5.54. The number of likely N-dealkylation sites (N-methyl/N-ethyl adjacent to an activating group) is 1. The van der Waals surface area contributed by atoms with Gasteiger partial charge in [-0.2, -0.15) is 0 Å². The highest BCUT2D eigenvalue weighted by atomic mass is 16.5. The standard InChI is InChI=1S/C30H36N2O/c1-3-29(25-12-5-4-6-13-25)33-23-26-14-8-10-16-28(26)32-21-18-30(19-22-32)27-15-9-7-11-24(27)17-20-31(30)2/h4-16,29H,3,17-23H2,1-2H3. The molecule has 3 nitrogen and oxygen atoms in total. The van der Waals surface area contributed by atoms with Gasteiger partial charge in [0.25, 0.3) is 0 Å². The Kier molecular flexibility index (Phi) is 6.52. The molecule has 172 valence electrons. The molecule has 2 aliphatic rings. The largest absolute Gasteiger partial charge is 0.371 e. The summed E-state index contributed by atoms with van der Waals surface area (Å²) >= 11 is 0. The average Bonchev–Trinajstić information content (AvgIpc) is 2.88. The van der Waals surface area contributed by atoms with E-state index in [9.17, 15) is 0 Å². The number of ether oxygens (including phenoxy) is 1. The van der Waals surface area contributed by atoms with E-state index in [2.05, 4.69) is 103 Å². The number of hydrogen-bond donors (Lipinski definition) is 0. The molecule has 0 aromatic heterocycles. The highest BCUT2D eigenvalue weighted by Crippen LogP contribution is 2.43. The van der Waals surface area contributed by atoms with Gasteiger partial charge in [-0.25, -0.2) is 0 Å². The number of fused-ring (bicyclic) bond motifs is 2. The molecule has 1 unspecified atom stereocenters. The molecule has 33 heavy (non-hydrogen) atoms. The second kappa shape index (κ2) is 9.70. The number of piperidine rings is 1. The number of benzene rings is 3. The lowest BCUT2D eigenvalue weighted by Gasteiger charge is -2.51. The van der Waals surface area contributed by atoms with Crippen LogP contribution in [0.15, 0.2) is 78.9 Å². The van der Waals surface area contributed by atoms with E-state index in [-0.39, 0.29) is 11.6 Å². The SMILES string of the molecule is CCC(OCc1ccccc1N1CCC2(CC1)c1ccccc1CCN2C)c1ccccc1. The molecule has 3 heteroatoms. The third-order valence-corrected chi connectivity index (χ3v) is 7.87. The molecule has 2 heterocycles. The first-order valence-electron chi connectivity index (χ1n) is 12.5. The maximum atomic E-state index is 6.43. The predicted molar refractivity (Wildman–Crippen MR) is 137 cm³/mol. The van der Waals surface area contributed by atoms with Crippen LogP contribution in [-0.2, 0) is 23.3 Å². The quantitative estimate of drug-likeness (QED) is 0.445. The molecular formula is C30H36N2O. The van der Waals surface area contributed by atoms with Crippen LogP contribution < -0.4 is 4.90 Å². The third-order valence-electron chi connectivity index (χ3n) is 7.87. The van der Waals surface area contributed by atoms with Crippen LogP contribution in [0.3, 0.4) is 0 Å². The lowest BCUT2D eigenvalue weighted by atomic mass is 9.74. The molecule has 1 fully saturated rings. The van der Waals surface area contributed by atoms with Crippen LogP contribution in [0.4, 0.5) is 5.69 Å². The van der Waals surface area contributed by atoms with Crippen molar-refractivity contribution in [1.29, 1.82) is 0 Å². The Hall–Kier alpha value is -2.62. The summed E-state index contributed by atoms with van der Waals surface area (Å²) in [4.78, 5) is 5.20. The van der Waals surface area contributed by atoms with Gasteiger partial charge in [-0.1, -0.05) is 79.7 Å². The van der Waals surface area contributed by atoms with Crippen molar-refractivity contribution < 1.29 is 4.74 Å². The van der Waals surface area contributed by atoms with Crippen molar-refractivity contribution in [1.82, 2.24) is 4.90 Å². The first kappa shape index (κ1) is 22.2. The summed E-state index contributed by atoms with van der Waals surface area (Å²) in [5.74, 6) is 0. The van der Waals surface area contributed by atoms with Crippen LogP contribution in [0.25, 0.3) is 0 Å². The van der Waals surface area contributed by atoms with E-state index in [0.29, 0.717) is 6.61 Å². The van der Waals surface area contributed by atoms with E-state index >= 15 is 0 Å². The van der Waals surface area contributed by atoms with Crippen molar-refractivity contribution in [3.05, 3.63) is 101 Å². The smallest absolute Gasteiger partial charge is 0.0826 e. The van der Waals surface area contributed by atoms with Gasteiger partial charge in [-0.3, -0.25) is 4.90 Å². The number of nitrogens with zero attached hydrogens (tertiary/aromatic N) is 2. The minimum absolute atomic E-state index is 0.135. The topological polar surface area (TPSA) is 15.7 Å². The highest BCUT2D eigenvalue weighted by Gasteiger charge is 2.43. The summed E-state index contributed by atoms with van der Waals surface area (Å²) in [6, 6.07) is 28.5. The summed E-state index contributed by atoms with van der Waals surface area (Å²) in [7, 11) is 2.32. The molecule has 0 bridgehead atoms. The molecule has 1 saturated heterocycles. The molecule has 1 spiro atoms. The fourth-order valence-electron chi connectivity index (χ4n) is 5.92. The van der Waals surface area contributed by atoms with Crippen LogP contribution in [0.2, 0.25) is 0 Å². The number of rotatable bonds is 6. The fraction of sp³-hybridized carbons (Fsp3) is 0.400. The number of para-hydroxylation sites is 1. The van der Waals surface area contributed by atoms with E-state index in [1.807, 2.05) is 0 Å². The maximum Gasteiger partial charge on any atom is 0.0826 e. The first-order chi connectivity index (χ1) is 16.2. The van der Waals surface area contributed by atoms with Crippen molar-refractivity contribution in [3.8, 4) is 0 Å². The summed E-state index contributed by atoms with van der Waals surface area (Å²) < 4.78 is 6.43. The monoisotopic (exact) mass is 440 g/mol. The van der Waals surface area contributed by atoms with Crippen molar-refractivity contribution in [2.45, 2.75) is 50.9 Å². The molecule has 0 amide bonds. The average molecular weight is 441 g/mol. The van der Waals surface area contributed by atoms with Gasteiger partial charge in [0, 0.05) is 36.4 Å². The van der Waals surface area contributed by atoms with Crippen molar-refractivity contribution >= 4 is 5.69 Å². The fourth-order valence-corrected chi connectivity index (χ4v) is 5.92. The normalized spacial score (nSPS) is 18.8. The molecule has 2 aliphatic heterocycles. The van der Waals surface area contributed by atoms with Gasteiger partial charge in [0.05, 0.1) is 12.7 Å². The second-order valence-electron chi connectivity index (χ2n) is 9.59. The van der Waals surface area contributed by atoms with E-state index < -0.39 is 0 Å². The van der Waals surface area contributed by atoms with Gasteiger partial charge in [0.1, 0.15) is 0 Å². The molecule has 0 radical (unpaired) electrons. The van der Waals surface area contributed by atoms with Gasteiger partial charge in [0.15, 0.2) is 0 Å². The van der Waals surface area contributed by atoms with E-state index in [4.69, 9.17) is 4.74 Å². The molecular weight excluding hydrogens is 404 g/mol. The lowest BCUT2D eigenvalue weighted by molar-refractivity contribution is 0.0371. The Labute approximate surface area is 199 Å². The summed E-state index contributed by atoms with van der Waals surface area (Å²) in [5, 5.41) is 0. The number of hydrogen-bond acceptors (Lipinski definition) is 3. The van der Waals surface area contributed by atoms with E-state index in [0.717, 1.165) is 45.3 Å². The molecule has 1 atom stereocenters. The zero-order valence-corrected chi connectivity index (χ0v) is 20.0. The Morgan fingerprint density at radius 2 is 1.55 bits per heavy atom. The molecule has 3 aromatic rings. The van der Waals surface area contributed by atoms with Gasteiger partial charge >= 0.3 is 0 Å². The molecule has 3 aromatic carbocycles. The van der Waals surface area contributed by atoms with Gasteiger partial charge in [0.2, 0.25) is 0 Å². The molecule has 5 rings (SSSR count). The van der Waals surface area contributed by atoms with Crippen LogP contribution in [0.1, 0.15) is 54.5 Å². The number of anilines is 1. The minimum atomic E-state index is 0.135. The molecule has 0 aliphatic carbocycles. The van der Waals surface area contributed by atoms with E-state index in [1.54, 1.807) is 11.1 Å². The predicted octanol–water partition coefficient (Wildman–Crippen LogP) is 6.34. The second-order valence-corrected chi connectivity index (χ2v) is 9.59. The zero-order chi connectivity index (χ0) is 22.7. The van der Waals surface area contributed by atoms with Crippen LogP contribution in [0, 0.1) is 0 Å². The lowest BCUT2D eigenvalue weighted by Crippen LogP contribution is -2.54. The summed E-state index contributed by atoms with van der Waals surface area (Å²) in [6.45, 7) is 6.15. The van der Waals surface area contributed by atoms with Crippen LogP contribution >= 0.6 is 0 Å².